The van der Waals surface area contributed by atoms with Crippen LogP contribution in [0.25, 0.3) is 5.65 Å². The van der Waals surface area contributed by atoms with Gasteiger partial charge in [0.1, 0.15) is 11.3 Å². The molecule has 0 fully saturated rings. The van der Waals surface area contributed by atoms with E-state index in [1.807, 2.05) is 41.8 Å². The summed E-state index contributed by atoms with van der Waals surface area (Å²) >= 11 is 0. The van der Waals surface area contributed by atoms with Crippen molar-refractivity contribution >= 4 is 17.2 Å². The number of hydrogen-bond donors (Lipinski definition) is 1. The van der Waals surface area contributed by atoms with E-state index in [2.05, 4.69) is 50.1 Å². The highest BCUT2D eigenvalue weighted by atomic mass is 16.2. The molecule has 1 aromatic carbocycles. The SMILES string of the molecule is CCCc1nc2ccc(C)cn2c1C(=O)Nc1ccc(C(C)(C)C)cc1. The van der Waals surface area contributed by atoms with Crippen molar-refractivity contribution in [2.75, 3.05) is 5.32 Å². The van der Waals surface area contributed by atoms with Crippen molar-refractivity contribution < 1.29 is 4.79 Å². The van der Waals surface area contributed by atoms with Crippen LogP contribution in [0.4, 0.5) is 5.69 Å². The summed E-state index contributed by atoms with van der Waals surface area (Å²) in [6, 6.07) is 12.1. The molecule has 0 saturated carbocycles. The molecule has 0 aliphatic carbocycles. The van der Waals surface area contributed by atoms with Crippen LogP contribution < -0.4 is 5.32 Å². The van der Waals surface area contributed by atoms with Crippen LogP contribution in [0, 0.1) is 6.92 Å². The van der Waals surface area contributed by atoms with Crippen LogP contribution in [0.15, 0.2) is 42.6 Å². The maximum atomic E-state index is 13.0. The topological polar surface area (TPSA) is 46.4 Å². The zero-order valence-corrected chi connectivity index (χ0v) is 16.3. The molecular formula is C22H27N3O. The number of benzene rings is 1. The van der Waals surface area contributed by atoms with Crippen molar-refractivity contribution in [3.8, 4) is 0 Å². The second-order valence-corrected chi connectivity index (χ2v) is 7.87. The van der Waals surface area contributed by atoms with Gasteiger partial charge in [-0.1, -0.05) is 52.3 Å². The lowest BCUT2D eigenvalue weighted by Crippen LogP contribution is -2.17. The van der Waals surface area contributed by atoms with E-state index in [1.165, 1.54) is 5.56 Å². The summed E-state index contributed by atoms with van der Waals surface area (Å²) in [6.45, 7) is 10.7. The highest BCUT2D eigenvalue weighted by Gasteiger charge is 2.19. The van der Waals surface area contributed by atoms with E-state index < -0.39 is 0 Å². The second kappa shape index (κ2) is 6.94. The minimum atomic E-state index is -0.116. The smallest absolute Gasteiger partial charge is 0.274 e. The summed E-state index contributed by atoms with van der Waals surface area (Å²) in [5.74, 6) is -0.116. The molecule has 0 radical (unpaired) electrons. The standard InChI is InChI=1S/C22H27N3O/c1-6-7-18-20(25-14-15(2)8-13-19(25)24-18)21(26)23-17-11-9-16(10-12-17)22(3,4)5/h8-14H,6-7H2,1-5H3,(H,23,26). The van der Waals surface area contributed by atoms with Gasteiger partial charge < -0.3 is 5.32 Å². The summed E-state index contributed by atoms with van der Waals surface area (Å²) in [6.07, 6.45) is 3.70. The highest BCUT2D eigenvalue weighted by molar-refractivity contribution is 6.04. The maximum Gasteiger partial charge on any atom is 0.274 e. The maximum absolute atomic E-state index is 13.0. The fraction of sp³-hybridized carbons (Fsp3) is 0.364. The molecule has 136 valence electrons. The lowest BCUT2D eigenvalue weighted by Gasteiger charge is -2.19. The first-order valence-electron chi connectivity index (χ1n) is 9.19. The number of hydrogen-bond acceptors (Lipinski definition) is 2. The van der Waals surface area contributed by atoms with Crippen LogP contribution in [0.5, 0.6) is 0 Å². The van der Waals surface area contributed by atoms with Gasteiger partial charge in [-0.05, 0) is 48.1 Å². The normalized spacial score (nSPS) is 11.7. The average Bonchev–Trinajstić information content (AvgIpc) is 2.92. The van der Waals surface area contributed by atoms with Gasteiger partial charge in [0, 0.05) is 11.9 Å². The number of nitrogens with zero attached hydrogens (tertiary/aromatic N) is 2. The molecule has 0 aliphatic rings. The van der Waals surface area contributed by atoms with Gasteiger partial charge in [0.2, 0.25) is 0 Å². The first kappa shape index (κ1) is 18.2. The van der Waals surface area contributed by atoms with E-state index in [0.29, 0.717) is 5.69 Å². The molecule has 3 rings (SSSR count). The van der Waals surface area contributed by atoms with E-state index in [-0.39, 0.29) is 11.3 Å². The van der Waals surface area contributed by atoms with Gasteiger partial charge in [0.05, 0.1) is 5.69 Å². The molecule has 0 saturated heterocycles. The van der Waals surface area contributed by atoms with Crippen LogP contribution >= 0.6 is 0 Å². The van der Waals surface area contributed by atoms with Crippen molar-refractivity contribution in [1.82, 2.24) is 9.38 Å². The number of imidazole rings is 1. The molecular weight excluding hydrogens is 322 g/mol. The Bertz CT molecular complexity index is 930. The lowest BCUT2D eigenvalue weighted by molar-refractivity contribution is 0.102. The van der Waals surface area contributed by atoms with Gasteiger partial charge in [-0.25, -0.2) is 4.98 Å². The Morgan fingerprint density at radius 1 is 1.12 bits per heavy atom. The number of nitrogens with one attached hydrogen (secondary N) is 1. The predicted molar refractivity (Wildman–Crippen MR) is 107 cm³/mol. The Hall–Kier alpha value is -2.62. The third-order valence-corrected chi connectivity index (χ3v) is 4.55. The Balaban J connectivity index is 1.94. The number of carbonyl (C=O) groups is 1. The minimum Gasteiger partial charge on any atom is -0.321 e. The number of amides is 1. The Labute approximate surface area is 155 Å². The molecule has 0 aliphatic heterocycles. The molecule has 2 heterocycles. The van der Waals surface area contributed by atoms with Gasteiger partial charge in [0.15, 0.2) is 0 Å². The number of pyridine rings is 1. The monoisotopic (exact) mass is 349 g/mol. The van der Waals surface area contributed by atoms with Crippen LogP contribution in [0.3, 0.4) is 0 Å². The third-order valence-electron chi connectivity index (χ3n) is 4.55. The van der Waals surface area contributed by atoms with E-state index in [9.17, 15) is 4.79 Å². The highest BCUT2D eigenvalue weighted by Crippen LogP contribution is 2.24. The van der Waals surface area contributed by atoms with Crippen molar-refractivity contribution in [1.29, 1.82) is 0 Å². The first-order valence-corrected chi connectivity index (χ1v) is 9.19. The van der Waals surface area contributed by atoms with Crippen molar-refractivity contribution in [2.24, 2.45) is 0 Å². The van der Waals surface area contributed by atoms with Crippen LogP contribution in [0.1, 0.15) is 61.4 Å². The van der Waals surface area contributed by atoms with E-state index >= 15 is 0 Å². The molecule has 0 atom stereocenters. The fourth-order valence-corrected chi connectivity index (χ4v) is 3.09. The Kier molecular flexibility index (Phi) is 4.86. The summed E-state index contributed by atoms with van der Waals surface area (Å²) in [5, 5.41) is 3.03. The lowest BCUT2D eigenvalue weighted by atomic mass is 9.87. The zero-order valence-electron chi connectivity index (χ0n) is 16.3. The van der Waals surface area contributed by atoms with Gasteiger partial charge in [0.25, 0.3) is 5.91 Å². The summed E-state index contributed by atoms with van der Waals surface area (Å²) in [4.78, 5) is 17.7. The number of carbonyl (C=O) groups excluding carboxylic acids is 1. The van der Waals surface area contributed by atoms with Crippen molar-refractivity contribution in [3.63, 3.8) is 0 Å². The molecule has 0 unspecified atom stereocenters. The zero-order chi connectivity index (χ0) is 18.9. The van der Waals surface area contributed by atoms with Gasteiger partial charge in [-0.3, -0.25) is 9.20 Å². The van der Waals surface area contributed by atoms with Gasteiger partial charge >= 0.3 is 0 Å². The van der Waals surface area contributed by atoms with E-state index in [0.717, 1.165) is 35.4 Å². The number of rotatable bonds is 4. The fourth-order valence-electron chi connectivity index (χ4n) is 3.09. The molecule has 26 heavy (non-hydrogen) atoms. The van der Waals surface area contributed by atoms with E-state index in [1.54, 1.807) is 0 Å². The number of aromatic nitrogens is 2. The Morgan fingerprint density at radius 2 is 1.81 bits per heavy atom. The quantitative estimate of drug-likeness (QED) is 0.708. The molecule has 4 heteroatoms. The van der Waals surface area contributed by atoms with E-state index in [4.69, 9.17) is 0 Å². The van der Waals surface area contributed by atoms with Gasteiger partial charge in [-0.2, -0.15) is 0 Å². The molecule has 2 aromatic heterocycles. The van der Waals surface area contributed by atoms with Crippen molar-refractivity contribution in [2.45, 2.75) is 52.9 Å². The molecule has 1 amide bonds. The third kappa shape index (κ3) is 3.64. The number of anilines is 1. The minimum absolute atomic E-state index is 0.0933. The molecule has 4 nitrogen and oxygen atoms in total. The van der Waals surface area contributed by atoms with Gasteiger partial charge in [-0.15, -0.1) is 0 Å². The van der Waals surface area contributed by atoms with Crippen LogP contribution in [0.2, 0.25) is 0 Å². The molecule has 1 N–H and O–H groups in total. The first-order chi connectivity index (χ1) is 12.3. The predicted octanol–water partition coefficient (Wildman–Crippen LogP) is 5.15. The Morgan fingerprint density at radius 3 is 2.42 bits per heavy atom. The average molecular weight is 349 g/mol. The number of aryl methyl sites for hydroxylation is 2. The van der Waals surface area contributed by atoms with Crippen LogP contribution in [-0.2, 0) is 11.8 Å². The summed E-state index contributed by atoms with van der Waals surface area (Å²) in [7, 11) is 0. The molecule has 0 spiro atoms. The summed E-state index contributed by atoms with van der Waals surface area (Å²) < 4.78 is 1.90. The molecule has 0 bridgehead atoms. The molecule has 3 aromatic rings. The summed E-state index contributed by atoms with van der Waals surface area (Å²) in [5.41, 5.74) is 5.53. The number of fused-ring (bicyclic) bond motifs is 1. The van der Waals surface area contributed by atoms with Crippen LogP contribution in [-0.4, -0.2) is 15.3 Å². The second-order valence-electron chi connectivity index (χ2n) is 7.87. The largest absolute Gasteiger partial charge is 0.321 e. The van der Waals surface area contributed by atoms with Crippen molar-refractivity contribution in [3.05, 3.63) is 65.1 Å².